The highest BCUT2D eigenvalue weighted by atomic mass is 16.5. The van der Waals surface area contributed by atoms with E-state index >= 15 is 0 Å². The van der Waals surface area contributed by atoms with E-state index < -0.39 is 0 Å². The molecule has 3 nitrogen and oxygen atoms in total. The molecule has 3 N–H and O–H groups in total. The third kappa shape index (κ3) is 4.40. The summed E-state index contributed by atoms with van der Waals surface area (Å²) in [6.45, 7) is 4.92. The van der Waals surface area contributed by atoms with Crippen molar-refractivity contribution in [2.75, 3.05) is 19.8 Å². The van der Waals surface area contributed by atoms with Crippen LogP contribution in [0.5, 0.6) is 0 Å². The summed E-state index contributed by atoms with van der Waals surface area (Å²) in [5.74, 6) is 0. The zero-order valence-electron chi connectivity index (χ0n) is 9.30. The Morgan fingerprint density at radius 2 is 2.21 bits per heavy atom. The lowest BCUT2D eigenvalue weighted by molar-refractivity contribution is 0.0619. The quantitative estimate of drug-likeness (QED) is 0.635. The van der Waals surface area contributed by atoms with Gasteiger partial charge in [0.15, 0.2) is 0 Å². The molecular weight excluding hydrogens is 176 g/mol. The van der Waals surface area contributed by atoms with Crippen molar-refractivity contribution in [3.63, 3.8) is 0 Å². The number of nitrogens with two attached hydrogens (primary N) is 1. The molecule has 0 amide bonds. The molecule has 0 bridgehead atoms. The van der Waals surface area contributed by atoms with Crippen LogP contribution < -0.4 is 11.1 Å². The summed E-state index contributed by atoms with van der Waals surface area (Å²) in [6.07, 6.45) is 6.33. The number of rotatable bonds is 6. The van der Waals surface area contributed by atoms with E-state index in [1.54, 1.807) is 0 Å². The lowest BCUT2D eigenvalue weighted by atomic mass is 10.0. The summed E-state index contributed by atoms with van der Waals surface area (Å²) in [5.41, 5.74) is 5.93. The minimum atomic E-state index is 0.190. The van der Waals surface area contributed by atoms with Gasteiger partial charge in [0, 0.05) is 18.7 Å². The molecule has 0 aromatic rings. The molecule has 0 aromatic heterocycles. The molecule has 0 saturated carbocycles. The maximum absolute atomic E-state index is 5.93. The van der Waals surface area contributed by atoms with Crippen LogP contribution in [-0.2, 0) is 4.74 Å². The third-order valence-electron chi connectivity index (χ3n) is 2.84. The van der Waals surface area contributed by atoms with E-state index in [0.29, 0.717) is 12.6 Å². The highest BCUT2D eigenvalue weighted by Gasteiger charge is 2.20. The summed E-state index contributed by atoms with van der Waals surface area (Å²) >= 11 is 0. The van der Waals surface area contributed by atoms with E-state index in [1.807, 2.05) is 0 Å². The highest BCUT2D eigenvalue weighted by Crippen LogP contribution is 2.06. The molecule has 0 spiro atoms. The van der Waals surface area contributed by atoms with Gasteiger partial charge in [0.25, 0.3) is 0 Å². The summed E-state index contributed by atoms with van der Waals surface area (Å²) in [5, 5.41) is 3.53. The highest BCUT2D eigenvalue weighted by molar-refractivity contribution is 4.82. The monoisotopic (exact) mass is 200 g/mol. The predicted molar refractivity (Wildman–Crippen MR) is 59.3 cm³/mol. The van der Waals surface area contributed by atoms with E-state index in [1.165, 1.54) is 25.7 Å². The molecule has 2 atom stereocenters. The summed E-state index contributed by atoms with van der Waals surface area (Å²) in [7, 11) is 0. The van der Waals surface area contributed by atoms with Crippen LogP contribution in [0.25, 0.3) is 0 Å². The second-order valence-corrected chi connectivity index (χ2v) is 4.15. The minimum absolute atomic E-state index is 0.190. The first-order valence-corrected chi connectivity index (χ1v) is 5.91. The van der Waals surface area contributed by atoms with Gasteiger partial charge in [0.2, 0.25) is 0 Å². The zero-order valence-corrected chi connectivity index (χ0v) is 9.30. The largest absolute Gasteiger partial charge is 0.380 e. The predicted octanol–water partition coefficient (Wildman–Crippen LogP) is 1.27. The lowest BCUT2D eigenvalue weighted by Crippen LogP contribution is -2.51. The van der Waals surface area contributed by atoms with Crippen molar-refractivity contribution < 1.29 is 4.74 Å². The molecule has 14 heavy (non-hydrogen) atoms. The van der Waals surface area contributed by atoms with Crippen LogP contribution in [-0.4, -0.2) is 31.8 Å². The fourth-order valence-corrected chi connectivity index (χ4v) is 1.85. The third-order valence-corrected chi connectivity index (χ3v) is 2.84. The Labute approximate surface area is 87.4 Å². The normalized spacial score (nSPS) is 27.9. The Morgan fingerprint density at radius 1 is 1.36 bits per heavy atom. The maximum Gasteiger partial charge on any atom is 0.0632 e. The Bertz CT molecular complexity index is 141. The van der Waals surface area contributed by atoms with Crippen molar-refractivity contribution in [1.82, 2.24) is 5.32 Å². The number of ether oxygens (including phenoxy) is 1. The molecule has 84 valence electrons. The summed E-state index contributed by atoms with van der Waals surface area (Å²) < 4.78 is 5.29. The standard InChI is InChI=1S/C11H24N2O/c1-2-3-4-5-7-13-11-6-8-14-9-10(11)12/h10-11,13H,2-9,12H2,1H3/t10-,11-/m0/s1. The van der Waals surface area contributed by atoms with Gasteiger partial charge < -0.3 is 15.8 Å². The van der Waals surface area contributed by atoms with Gasteiger partial charge in [0.05, 0.1) is 6.61 Å². The SMILES string of the molecule is CCCCCCN[C@H]1CCOC[C@@H]1N. The first kappa shape index (κ1) is 12.0. The topological polar surface area (TPSA) is 47.3 Å². The van der Waals surface area contributed by atoms with Gasteiger partial charge in [0.1, 0.15) is 0 Å². The Hall–Kier alpha value is -0.120. The molecule has 1 aliphatic heterocycles. The number of nitrogens with one attached hydrogen (secondary N) is 1. The van der Waals surface area contributed by atoms with E-state index in [9.17, 15) is 0 Å². The van der Waals surface area contributed by atoms with Gasteiger partial charge in [-0.15, -0.1) is 0 Å². The van der Waals surface area contributed by atoms with Crippen LogP contribution in [0.1, 0.15) is 39.0 Å². The Kier molecular flexibility index (Phi) is 6.15. The van der Waals surface area contributed by atoms with Gasteiger partial charge in [-0.25, -0.2) is 0 Å². The fourth-order valence-electron chi connectivity index (χ4n) is 1.85. The average molecular weight is 200 g/mol. The van der Waals surface area contributed by atoms with Crippen LogP contribution in [0.15, 0.2) is 0 Å². The summed E-state index contributed by atoms with van der Waals surface area (Å²) in [6, 6.07) is 0.667. The van der Waals surface area contributed by atoms with E-state index in [4.69, 9.17) is 10.5 Å². The first-order valence-electron chi connectivity index (χ1n) is 5.91. The van der Waals surface area contributed by atoms with Crippen molar-refractivity contribution in [2.45, 2.75) is 51.1 Å². The molecule has 0 aromatic carbocycles. The zero-order chi connectivity index (χ0) is 10.2. The molecule has 0 aliphatic carbocycles. The molecular formula is C11H24N2O. The van der Waals surface area contributed by atoms with E-state index in [-0.39, 0.29) is 6.04 Å². The van der Waals surface area contributed by atoms with Gasteiger partial charge in [-0.05, 0) is 19.4 Å². The molecule has 1 fully saturated rings. The average Bonchev–Trinajstić information content (AvgIpc) is 2.20. The van der Waals surface area contributed by atoms with Gasteiger partial charge in [-0.1, -0.05) is 26.2 Å². The van der Waals surface area contributed by atoms with Crippen molar-refractivity contribution >= 4 is 0 Å². The number of hydrogen-bond donors (Lipinski definition) is 2. The Morgan fingerprint density at radius 3 is 2.93 bits per heavy atom. The number of unbranched alkanes of at least 4 members (excludes halogenated alkanes) is 3. The Balaban J connectivity index is 1.99. The molecule has 1 saturated heterocycles. The molecule has 1 aliphatic rings. The van der Waals surface area contributed by atoms with Crippen molar-refractivity contribution in [2.24, 2.45) is 5.73 Å². The smallest absolute Gasteiger partial charge is 0.0632 e. The minimum Gasteiger partial charge on any atom is -0.380 e. The van der Waals surface area contributed by atoms with Crippen molar-refractivity contribution in [3.8, 4) is 0 Å². The van der Waals surface area contributed by atoms with Crippen LogP contribution >= 0.6 is 0 Å². The van der Waals surface area contributed by atoms with Crippen LogP contribution in [0.4, 0.5) is 0 Å². The fraction of sp³-hybridized carbons (Fsp3) is 1.00. The second-order valence-electron chi connectivity index (χ2n) is 4.15. The molecule has 1 heterocycles. The second kappa shape index (κ2) is 7.21. The van der Waals surface area contributed by atoms with Crippen molar-refractivity contribution in [1.29, 1.82) is 0 Å². The molecule has 0 unspecified atom stereocenters. The van der Waals surface area contributed by atoms with Gasteiger partial charge >= 0.3 is 0 Å². The number of hydrogen-bond acceptors (Lipinski definition) is 3. The van der Waals surface area contributed by atoms with Crippen LogP contribution in [0.2, 0.25) is 0 Å². The van der Waals surface area contributed by atoms with Gasteiger partial charge in [-0.3, -0.25) is 0 Å². The van der Waals surface area contributed by atoms with E-state index in [0.717, 1.165) is 19.6 Å². The summed E-state index contributed by atoms with van der Waals surface area (Å²) in [4.78, 5) is 0. The van der Waals surface area contributed by atoms with Crippen LogP contribution in [0.3, 0.4) is 0 Å². The van der Waals surface area contributed by atoms with Crippen LogP contribution in [0, 0.1) is 0 Å². The maximum atomic E-state index is 5.93. The molecule has 3 heteroatoms. The van der Waals surface area contributed by atoms with Crippen molar-refractivity contribution in [3.05, 3.63) is 0 Å². The molecule has 0 radical (unpaired) electrons. The van der Waals surface area contributed by atoms with Gasteiger partial charge in [-0.2, -0.15) is 0 Å². The first-order chi connectivity index (χ1) is 6.84. The van der Waals surface area contributed by atoms with E-state index in [2.05, 4.69) is 12.2 Å². The molecule has 1 rings (SSSR count). The lowest BCUT2D eigenvalue weighted by Gasteiger charge is -2.29.